The highest BCUT2D eigenvalue weighted by Crippen LogP contribution is 2.30. The van der Waals surface area contributed by atoms with E-state index >= 15 is 0 Å². The van der Waals surface area contributed by atoms with E-state index in [1.807, 2.05) is 42.5 Å². The van der Waals surface area contributed by atoms with Crippen LogP contribution in [0.15, 0.2) is 53.0 Å². The minimum atomic E-state index is -0.276. The maximum atomic E-state index is 12.3. The Kier molecular flexibility index (Phi) is 4.25. The monoisotopic (exact) mass is 345 g/mol. The third kappa shape index (κ3) is 3.27. The van der Waals surface area contributed by atoms with Crippen molar-refractivity contribution >= 4 is 27.7 Å². The van der Waals surface area contributed by atoms with Gasteiger partial charge in [-0.1, -0.05) is 46.3 Å². The van der Waals surface area contributed by atoms with Crippen LogP contribution >= 0.6 is 15.9 Å². The van der Waals surface area contributed by atoms with Crippen LogP contribution < -0.4 is 4.90 Å². The summed E-state index contributed by atoms with van der Waals surface area (Å²) in [5, 5.41) is 0. The van der Waals surface area contributed by atoms with Crippen molar-refractivity contribution in [1.82, 2.24) is 0 Å². The Morgan fingerprint density at radius 1 is 1.19 bits per heavy atom. The van der Waals surface area contributed by atoms with E-state index < -0.39 is 0 Å². The molecule has 0 fully saturated rings. The molecule has 1 aliphatic heterocycles. The second-order valence-electron chi connectivity index (χ2n) is 5.07. The standard InChI is InChI=1S/C17H16BrNO2/c18-15-8-9-16-14(11-15)7-4-10-19(16)17(20)21-12-13-5-2-1-3-6-13/h1-3,5-6,8-9,11H,4,7,10,12H2. The van der Waals surface area contributed by atoms with Gasteiger partial charge in [-0.25, -0.2) is 4.79 Å². The first kappa shape index (κ1) is 14.1. The molecule has 0 saturated heterocycles. The SMILES string of the molecule is O=C(OCc1ccccc1)N1CCCc2cc(Br)ccc21. The lowest BCUT2D eigenvalue weighted by Crippen LogP contribution is -2.35. The fourth-order valence-corrected chi connectivity index (χ4v) is 2.96. The van der Waals surface area contributed by atoms with Crippen molar-refractivity contribution in [3.05, 3.63) is 64.1 Å². The van der Waals surface area contributed by atoms with E-state index in [1.54, 1.807) is 4.90 Å². The molecule has 0 aromatic heterocycles. The van der Waals surface area contributed by atoms with Gasteiger partial charge in [0.05, 0.1) is 5.69 Å². The summed E-state index contributed by atoms with van der Waals surface area (Å²) in [6, 6.07) is 15.7. The van der Waals surface area contributed by atoms with Gasteiger partial charge in [0.2, 0.25) is 0 Å². The molecule has 1 amide bonds. The van der Waals surface area contributed by atoms with Crippen molar-refractivity contribution in [3.63, 3.8) is 0 Å². The Hall–Kier alpha value is -1.81. The fourth-order valence-electron chi connectivity index (χ4n) is 2.55. The second-order valence-corrected chi connectivity index (χ2v) is 5.98. The second kappa shape index (κ2) is 6.31. The van der Waals surface area contributed by atoms with Crippen LogP contribution in [-0.2, 0) is 17.8 Å². The smallest absolute Gasteiger partial charge is 0.414 e. The lowest BCUT2D eigenvalue weighted by atomic mass is 10.0. The molecule has 0 unspecified atom stereocenters. The number of nitrogens with zero attached hydrogens (tertiary/aromatic N) is 1. The molecule has 0 aliphatic carbocycles. The van der Waals surface area contributed by atoms with E-state index in [0.717, 1.165) is 28.6 Å². The van der Waals surface area contributed by atoms with Crippen molar-refractivity contribution < 1.29 is 9.53 Å². The van der Waals surface area contributed by atoms with Gasteiger partial charge < -0.3 is 4.74 Å². The molecule has 0 N–H and O–H groups in total. The quantitative estimate of drug-likeness (QED) is 0.799. The molecule has 108 valence electrons. The fraction of sp³-hybridized carbons (Fsp3) is 0.235. The number of carbonyl (C=O) groups excluding carboxylic acids is 1. The number of amides is 1. The third-order valence-corrected chi connectivity index (χ3v) is 4.08. The summed E-state index contributed by atoms with van der Waals surface area (Å²) in [6.07, 6.45) is 1.68. The molecule has 21 heavy (non-hydrogen) atoms. The highest BCUT2D eigenvalue weighted by molar-refractivity contribution is 9.10. The summed E-state index contributed by atoms with van der Waals surface area (Å²) in [4.78, 5) is 14.0. The number of aryl methyl sites for hydroxylation is 1. The first-order valence-corrected chi connectivity index (χ1v) is 7.80. The van der Waals surface area contributed by atoms with E-state index in [-0.39, 0.29) is 6.09 Å². The Morgan fingerprint density at radius 2 is 2.00 bits per heavy atom. The number of benzene rings is 2. The summed E-state index contributed by atoms with van der Waals surface area (Å²) in [5.41, 5.74) is 3.15. The van der Waals surface area contributed by atoms with Crippen LogP contribution in [0.2, 0.25) is 0 Å². The van der Waals surface area contributed by atoms with E-state index in [2.05, 4.69) is 22.0 Å². The Balaban J connectivity index is 1.71. The number of carbonyl (C=O) groups is 1. The normalized spacial score (nSPS) is 13.7. The van der Waals surface area contributed by atoms with Gasteiger partial charge in [0, 0.05) is 11.0 Å². The predicted octanol–water partition coefficient (Wildman–Crippen LogP) is 4.54. The Morgan fingerprint density at radius 3 is 2.81 bits per heavy atom. The zero-order valence-electron chi connectivity index (χ0n) is 11.6. The molecule has 3 nitrogen and oxygen atoms in total. The largest absolute Gasteiger partial charge is 0.444 e. The number of halogens is 1. The van der Waals surface area contributed by atoms with Crippen LogP contribution in [0.3, 0.4) is 0 Å². The number of hydrogen-bond donors (Lipinski definition) is 0. The molecule has 2 aromatic carbocycles. The number of anilines is 1. The third-order valence-electron chi connectivity index (χ3n) is 3.59. The molecule has 4 heteroatoms. The summed E-state index contributed by atoms with van der Waals surface area (Å²) in [6.45, 7) is 1.02. The molecule has 3 rings (SSSR count). The molecular weight excluding hydrogens is 330 g/mol. The van der Waals surface area contributed by atoms with Gasteiger partial charge in [-0.3, -0.25) is 4.90 Å². The maximum Gasteiger partial charge on any atom is 0.414 e. The summed E-state index contributed by atoms with van der Waals surface area (Å²) < 4.78 is 6.47. The number of rotatable bonds is 2. The topological polar surface area (TPSA) is 29.5 Å². The highest BCUT2D eigenvalue weighted by Gasteiger charge is 2.23. The van der Waals surface area contributed by atoms with Crippen molar-refractivity contribution in [3.8, 4) is 0 Å². The van der Waals surface area contributed by atoms with Gasteiger partial charge in [-0.05, 0) is 42.2 Å². The molecule has 0 atom stereocenters. The van der Waals surface area contributed by atoms with Crippen LogP contribution in [0.4, 0.5) is 10.5 Å². The molecule has 1 aliphatic rings. The zero-order chi connectivity index (χ0) is 14.7. The van der Waals surface area contributed by atoms with E-state index in [4.69, 9.17) is 4.74 Å². The van der Waals surface area contributed by atoms with Crippen LogP contribution in [0.25, 0.3) is 0 Å². The molecule has 0 spiro atoms. The van der Waals surface area contributed by atoms with Gasteiger partial charge in [-0.2, -0.15) is 0 Å². The molecule has 1 heterocycles. The van der Waals surface area contributed by atoms with Crippen molar-refractivity contribution in [1.29, 1.82) is 0 Å². The lowest BCUT2D eigenvalue weighted by Gasteiger charge is -2.28. The zero-order valence-corrected chi connectivity index (χ0v) is 13.2. The molecular formula is C17H16BrNO2. The van der Waals surface area contributed by atoms with Gasteiger partial charge in [-0.15, -0.1) is 0 Å². The van der Waals surface area contributed by atoms with Crippen molar-refractivity contribution in [2.24, 2.45) is 0 Å². The summed E-state index contributed by atoms with van der Waals surface area (Å²) in [5.74, 6) is 0. The van der Waals surface area contributed by atoms with Crippen LogP contribution in [0.1, 0.15) is 17.5 Å². The number of ether oxygens (including phenoxy) is 1. The van der Waals surface area contributed by atoms with Gasteiger partial charge in [0.1, 0.15) is 6.61 Å². The van der Waals surface area contributed by atoms with E-state index in [1.165, 1.54) is 5.56 Å². The average molecular weight is 346 g/mol. The number of fused-ring (bicyclic) bond motifs is 1. The Labute approximate surface area is 132 Å². The van der Waals surface area contributed by atoms with Crippen LogP contribution in [0.5, 0.6) is 0 Å². The van der Waals surface area contributed by atoms with Crippen molar-refractivity contribution in [2.75, 3.05) is 11.4 Å². The maximum absolute atomic E-state index is 12.3. The molecule has 0 radical (unpaired) electrons. The van der Waals surface area contributed by atoms with Gasteiger partial charge >= 0.3 is 6.09 Å². The minimum Gasteiger partial charge on any atom is -0.444 e. The van der Waals surface area contributed by atoms with E-state index in [0.29, 0.717) is 13.2 Å². The van der Waals surface area contributed by atoms with E-state index in [9.17, 15) is 4.79 Å². The minimum absolute atomic E-state index is 0.276. The highest BCUT2D eigenvalue weighted by atomic mass is 79.9. The summed E-state index contributed by atoms with van der Waals surface area (Å²) in [7, 11) is 0. The van der Waals surface area contributed by atoms with Gasteiger partial charge in [0.25, 0.3) is 0 Å². The first-order chi connectivity index (χ1) is 10.2. The molecule has 0 bridgehead atoms. The van der Waals surface area contributed by atoms with Crippen molar-refractivity contribution in [2.45, 2.75) is 19.4 Å². The van der Waals surface area contributed by atoms with Crippen LogP contribution in [-0.4, -0.2) is 12.6 Å². The van der Waals surface area contributed by atoms with Gasteiger partial charge in [0.15, 0.2) is 0 Å². The van der Waals surface area contributed by atoms with Crippen LogP contribution in [0, 0.1) is 0 Å². The molecule has 0 saturated carbocycles. The predicted molar refractivity (Wildman–Crippen MR) is 86.4 cm³/mol. The first-order valence-electron chi connectivity index (χ1n) is 7.01. The molecule has 2 aromatic rings. The number of hydrogen-bond acceptors (Lipinski definition) is 2. The average Bonchev–Trinajstić information content (AvgIpc) is 2.52. The Bertz CT molecular complexity index is 642. The lowest BCUT2D eigenvalue weighted by molar-refractivity contribution is 0.146. The summed E-state index contributed by atoms with van der Waals surface area (Å²) >= 11 is 3.47.